The first kappa shape index (κ1) is 27.0. The van der Waals surface area contributed by atoms with Crippen molar-refractivity contribution in [3.63, 3.8) is 0 Å². The third kappa shape index (κ3) is 6.03. The van der Waals surface area contributed by atoms with Crippen LogP contribution in [0.1, 0.15) is 36.8 Å². The molecule has 2 aromatic carbocycles. The highest BCUT2D eigenvalue weighted by Crippen LogP contribution is 2.38. The van der Waals surface area contributed by atoms with Gasteiger partial charge in [0.15, 0.2) is 11.5 Å². The summed E-state index contributed by atoms with van der Waals surface area (Å²) in [5.74, 6) is 1.24. The molecular formula is C30H33N7O3. The molecule has 1 atom stereocenters. The van der Waals surface area contributed by atoms with E-state index in [1.54, 1.807) is 42.5 Å². The quantitative estimate of drug-likeness (QED) is 0.456. The van der Waals surface area contributed by atoms with Gasteiger partial charge in [-0.2, -0.15) is 10.5 Å². The Morgan fingerprint density at radius 1 is 1.10 bits per heavy atom. The van der Waals surface area contributed by atoms with E-state index in [9.17, 15) is 10.1 Å². The Bertz CT molecular complexity index is 1430. The number of aromatic nitrogens is 1. The van der Waals surface area contributed by atoms with E-state index in [0.29, 0.717) is 67.1 Å². The number of piperazine rings is 1. The maximum absolute atomic E-state index is 12.8. The van der Waals surface area contributed by atoms with Crippen LogP contribution in [0.4, 0.5) is 16.2 Å². The minimum absolute atomic E-state index is 0.198. The topological polar surface area (TPSA) is 127 Å². The zero-order chi connectivity index (χ0) is 27.9. The second kappa shape index (κ2) is 12.5. The number of nitrogens with zero attached hydrogens (tertiary/aromatic N) is 5. The number of carbonyl (C=O) groups is 1. The van der Waals surface area contributed by atoms with E-state index in [2.05, 4.69) is 32.7 Å². The highest BCUT2D eigenvalue weighted by molar-refractivity contribution is 5.97. The molecule has 2 amide bonds. The summed E-state index contributed by atoms with van der Waals surface area (Å²) in [5.41, 5.74) is 3.16. The molecule has 206 valence electrons. The van der Waals surface area contributed by atoms with Crippen molar-refractivity contribution in [1.82, 2.24) is 15.2 Å². The predicted molar refractivity (Wildman–Crippen MR) is 153 cm³/mol. The molecular weight excluding hydrogens is 506 g/mol. The average Bonchev–Trinajstić information content (AvgIpc) is 3.01. The summed E-state index contributed by atoms with van der Waals surface area (Å²) >= 11 is 0. The molecule has 2 N–H and O–H groups in total. The van der Waals surface area contributed by atoms with E-state index in [1.165, 1.54) is 19.3 Å². The third-order valence-corrected chi connectivity index (χ3v) is 7.53. The first-order valence-electron chi connectivity index (χ1n) is 13.7. The number of carbonyl (C=O) groups excluding carboxylic acids is 1. The summed E-state index contributed by atoms with van der Waals surface area (Å²) in [6.07, 6.45) is 6.18. The standard InChI is InChI=1S/C30H33N7O3/c1-39-27-16-25-26(17-28(27)40-15-9-23-4-2-3-10-33-23)34-20-22(19-32)29(25)36-11-13-37(14-12-36)30(38)35-24-7-5-21(18-31)6-8-24/h5-8,16-17,20,23,33H,2-4,9-15H2,1H3,(H,35,38). The Kier molecular flexibility index (Phi) is 8.48. The fourth-order valence-corrected chi connectivity index (χ4v) is 5.33. The minimum atomic E-state index is -0.198. The van der Waals surface area contributed by atoms with Crippen LogP contribution in [0.15, 0.2) is 42.6 Å². The van der Waals surface area contributed by atoms with Crippen LogP contribution in [0.3, 0.4) is 0 Å². The van der Waals surface area contributed by atoms with Gasteiger partial charge in [0.1, 0.15) is 6.07 Å². The summed E-state index contributed by atoms with van der Waals surface area (Å²) in [6, 6.07) is 15.2. The molecule has 2 fully saturated rings. The number of benzene rings is 2. The maximum atomic E-state index is 12.8. The number of hydrogen-bond acceptors (Lipinski definition) is 8. The molecule has 2 aliphatic rings. The molecule has 3 heterocycles. The van der Waals surface area contributed by atoms with Gasteiger partial charge in [0.2, 0.25) is 0 Å². The van der Waals surface area contributed by atoms with Crippen LogP contribution in [-0.2, 0) is 0 Å². The van der Waals surface area contributed by atoms with Crippen molar-refractivity contribution in [3.05, 3.63) is 53.7 Å². The lowest BCUT2D eigenvalue weighted by molar-refractivity contribution is 0.208. The first-order valence-corrected chi connectivity index (χ1v) is 13.7. The van der Waals surface area contributed by atoms with E-state index in [4.69, 9.17) is 14.7 Å². The van der Waals surface area contributed by atoms with E-state index >= 15 is 0 Å². The summed E-state index contributed by atoms with van der Waals surface area (Å²) in [4.78, 5) is 21.3. The Labute approximate surface area is 234 Å². The fraction of sp³-hybridized carbons (Fsp3) is 0.400. The van der Waals surface area contributed by atoms with Gasteiger partial charge in [0, 0.05) is 55.6 Å². The number of amides is 2. The molecule has 2 aliphatic heterocycles. The third-order valence-electron chi connectivity index (χ3n) is 7.53. The van der Waals surface area contributed by atoms with Gasteiger partial charge in [-0.25, -0.2) is 4.79 Å². The zero-order valence-corrected chi connectivity index (χ0v) is 22.7. The molecule has 2 saturated heterocycles. The summed E-state index contributed by atoms with van der Waals surface area (Å²) in [7, 11) is 1.61. The van der Waals surface area contributed by atoms with Crippen LogP contribution in [0.2, 0.25) is 0 Å². The molecule has 10 heteroatoms. The molecule has 0 spiro atoms. The van der Waals surface area contributed by atoms with Gasteiger partial charge in [0.05, 0.1) is 42.1 Å². The zero-order valence-electron chi connectivity index (χ0n) is 22.7. The van der Waals surface area contributed by atoms with E-state index in [0.717, 1.165) is 29.6 Å². The van der Waals surface area contributed by atoms with Gasteiger partial charge in [0.25, 0.3) is 0 Å². The van der Waals surface area contributed by atoms with Crippen LogP contribution >= 0.6 is 0 Å². The summed E-state index contributed by atoms with van der Waals surface area (Å²) in [6.45, 7) is 3.74. The molecule has 0 aliphatic carbocycles. The molecule has 1 aromatic heterocycles. The number of hydrogen-bond donors (Lipinski definition) is 2. The van der Waals surface area contributed by atoms with Crippen molar-refractivity contribution in [1.29, 1.82) is 10.5 Å². The second-order valence-electron chi connectivity index (χ2n) is 10.0. The number of fused-ring (bicyclic) bond motifs is 1. The number of pyridine rings is 1. The molecule has 1 unspecified atom stereocenters. The number of methoxy groups -OCH3 is 1. The molecule has 5 rings (SSSR count). The average molecular weight is 540 g/mol. The monoisotopic (exact) mass is 539 g/mol. The van der Waals surface area contributed by atoms with Crippen LogP contribution < -0.4 is 25.0 Å². The van der Waals surface area contributed by atoms with Gasteiger partial charge in [-0.1, -0.05) is 6.42 Å². The lowest BCUT2D eigenvalue weighted by Crippen LogP contribution is -2.50. The number of anilines is 2. The van der Waals surface area contributed by atoms with Crippen LogP contribution in [-0.4, -0.2) is 68.4 Å². The van der Waals surface area contributed by atoms with Gasteiger partial charge < -0.3 is 29.9 Å². The highest BCUT2D eigenvalue weighted by Gasteiger charge is 2.25. The Morgan fingerprint density at radius 3 is 2.58 bits per heavy atom. The van der Waals surface area contributed by atoms with Gasteiger partial charge in [-0.3, -0.25) is 4.98 Å². The van der Waals surface area contributed by atoms with Gasteiger partial charge >= 0.3 is 6.03 Å². The number of urea groups is 1. The number of nitriles is 2. The van der Waals surface area contributed by atoms with E-state index in [-0.39, 0.29) is 6.03 Å². The number of piperidine rings is 1. The molecule has 40 heavy (non-hydrogen) atoms. The van der Waals surface area contributed by atoms with Crippen molar-refractivity contribution < 1.29 is 14.3 Å². The van der Waals surface area contributed by atoms with E-state index in [1.807, 2.05) is 12.1 Å². The van der Waals surface area contributed by atoms with E-state index < -0.39 is 0 Å². The second-order valence-corrected chi connectivity index (χ2v) is 10.0. The lowest BCUT2D eigenvalue weighted by atomic mass is 10.0. The molecule has 0 radical (unpaired) electrons. The van der Waals surface area contributed by atoms with Gasteiger partial charge in [-0.05, 0) is 56.1 Å². The maximum Gasteiger partial charge on any atom is 0.321 e. The first-order chi connectivity index (χ1) is 19.6. The lowest BCUT2D eigenvalue weighted by Gasteiger charge is -2.36. The number of rotatable bonds is 7. The van der Waals surface area contributed by atoms with Crippen LogP contribution in [0.25, 0.3) is 10.9 Å². The molecule has 3 aromatic rings. The molecule has 0 saturated carbocycles. The van der Waals surface area contributed by atoms with Crippen molar-refractivity contribution in [2.45, 2.75) is 31.7 Å². The van der Waals surface area contributed by atoms with Crippen molar-refractivity contribution in [2.75, 3.05) is 56.7 Å². The van der Waals surface area contributed by atoms with Gasteiger partial charge in [-0.15, -0.1) is 0 Å². The van der Waals surface area contributed by atoms with Crippen LogP contribution in [0.5, 0.6) is 11.5 Å². The predicted octanol–water partition coefficient (Wildman–Crippen LogP) is 4.25. The Hall–Kier alpha value is -4.54. The fourth-order valence-electron chi connectivity index (χ4n) is 5.33. The highest BCUT2D eigenvalue weighted by atomic mass is 16.5. The van der Waals surface area contributed by atoms with Crippen molar-refractivity contribution >= 4 is 28.3 Å². The number of nitrogens with one attached hydrogen (secondary N) is 2. The SMILES string of the molecule is COc1cc2c(N3CCN(C(=O)Nc4ccc(C#N)cc4)CC3)c(C#N)cnc2cc1OCCC1CCCCN1. The largest absolute Gasteiger partial charge is 0.493 e. The molecule has 0 bridgehead atoms. The summed E-state index contributed by atoms with van der Waals surface area (Å²) < 4.78 is 11.8. The smallest absolute Gasteiger partial charge is 0.321 e. The van der Waals surface area contributed by atoms with Crippen molar-refractivity contribution in [3.8, 4) is 23.6 Å². The Balaban J connectivity index is 1.29. The minimum Gasteiger partial charge on any atom is -0.493 e. The Morgan fingerprint density at radius 2 is 1.90 bits per heavy atom. The number of ether oxygens (including phenoxy) is 2. The van der Waals surface area contributed by atoms with Crippen LogP contribution in [0, 0.1) is 22.7 Å². The van der Waals surface area contributed by atoms with Crippen molar-refractivity contribution in [2.24, 2.45) is 0 Å². The normalized spacial score (nSPS) is 17.1. The molecule has 10 nitrogen and oxygen atoms in total. The summed E-state index contributed by atoms with van der Waals surface area (Å²) in [5, 5.41) is 26.1.